The SMILES string of the molecule is CN=C(NCc1ccccn1)NCC1(c2ccc3c(c2)OCO3)CC1. The van der Waals surface area contributed by atoms with E-state index >= 15 is 0 Å². The Labute approximate surface area is 147 Å². The minimum absolute atomic E-state index is 0.156. The molecule has 1 aromatic carbocycles. The van der Waals surface area contributed by atoms with Crippen LogP contribution in [-0.4, -0.2) is 31.3 Å². The summed E-state index contributed by atoms with van der Waals surface area (Å²) < 4.78 is 10.9. The molecule has 0 bridgehead atoms. The second kappa shape index (κ2) is 6.63. The van der Waals surface area contributed by atoms with E-state index in [0.717, 1.165) is 42.5 Å². The molecule has 2 aliphatic rings. The van der Waals surface area contributed by atoms with Crippen LogP contribution in [0.25, 0.3) is 0 Å². The number of fused-ring (bicyclic) bond motifs is 1. The van der Waals surface area contributed by atoms with Crippen molar-refractivity contribution < 1.29 is 9.47 Å². The van der Waals surface area contributed by atoms with Crippen molar-refractivity contribution in [1.29, 1.82) is 0 Å². The normalized spacial score (nSPS) is 17.2. The van der Waals surface area contributed by atoms with Crippen molar-refractivity contribution in [2.45, 2.75) is 24.8 Å². The molecule has 25 heavy (non-hydrogen) atoms. The maximum atomic E-state index is 5.51. The van der Waals surface area contributed by atoms with Crippen molar-refractivity contribution in [3.8, 4) is 11.5 Å². The largest absolute Gasteiger partial charge is 0.454 e. The van der Waals surface area contributed by atoms with E-state index < -0.39 is 0 Å². The number of nitrogens with one attached hydrogen (secondary N) is 2. The number of rotatable bonds is 5. The first-order valence-corrected chi connectivity index (χ1v) is 8.54. The first-order chi connectivity index (χ1) is 12.3. The van der Waals surface area contributed by atoms with Crippen molar-refractivity contribution in [1.82, 2.24) is 15.6 Å². The summed E-state index contributed by atoms with van der Waals surface area (Å²) in [4.78, 5) is 8.62. The lowest BCUT2D eigenvalue weighted by atomic mass is 9.95. The second-order valence-corrected chi connectivity index (χ2v) is 6.45. The lowest BCUT2D eigenvalue weighted by Gasteiger charge is -2.19. The number of pyridine rings is 1. The van der Waals surface area contributed by atoms with Crippen LogP contribution in [0.5, 0.6) is 11.5 Å². The van der Waals surface area contributed by atoms with Gasteiger partial charge in [0, 0.05) is 25.2 Å². The highest BCUT2D eigenvalue weighted by Crippen LogP contribution is 2.49. The monoisotopic (exact) mass is 338 g/mol. The third-order valence-electron chi connectivity index (χ3n) is 4.82. The molecule has 2 N–H and O–H groups in total. The molecule has 1 aliphatic heterocycles. The van der Waals surface area contributed by atoms with Crippen molar-refractivity contribution in [2.24, 2.45) is 4.99 Å². The Bertz CT molecular complexity index is 772. The molecule has 130 valence electrons. The number of hydrogen-bond donors (Lipinski definition) is 2. The number of guanidine groups is 1. The average Bonchev–Trinajstić information content (AvgIpc) is 3.31. The summed E-state index contributed by atoms with van der Waals surface area (Å²) in [6.07, 6.45) is 4.12. The molecule has 1 aromatic heterocycles. The molecule has 2 aromatic rings. The van der Waals surface area contributed by atoms with Crippen LogP contribution >= 0.6 is 0 Å². The molecule has 0 atom stereocenters. The van der Waals surface area contributed by atoms with E-state index in [4.69, 9.17) is 9.47 Å². The molecule has 0 unspecified atom stereocenters. The van der Waals surface area contributed by atoms with Crippen LogP contribution in [0.15, 0.2) is 47.6 Å². The van der Waals surface area contributed by atoms with Crippen LogP contribution in [0.1, 0.15) is 24.1 Å². The minimum atomic E-state index is 0.156. The Morgan fingerprint density at radius 2 is 2.04 bits per heavy atom. The highest BCUT2D eigenvalue weighted by molar-refractivity contribution is 5.79. The molecule has 1 aliphatic carbocycles. The molecule has 0 spiro atoms. The predicted molar refractivity (Wildman–Crippen MR) is 95.9 cm³/mol. The molecule has 2 heterocycles. The zero-order valence-electron chi connectivity index (χ0n) is 14.3. The van der Waals surface area contributed by atoms with Gasteiger partial charge in [0.15, 0.2) is 17.5 Å². The van der Waals surface area contributed by atoms with Gasteiger partial charge in [0.2, 0.25) is 6.79 Å². The lowest BCUT2D eigenvalue weighted by Crippen LogP contribution is -2.41. The summed E-state index contributed by atoms with van der Waals surface area (Å²) in [5.41, 5.74) is 2.44. The van der Waals surface area contributed by atoms with Gasteiger partial charge in [-0.15, -0.1) is 0 Å². The van der Waals surface area contributed by atoms with E-state index in [2.05, 4.69) is 32.7 Å². The summed E-state index contributed by atoms with van der Waals surface area (Å²) in [5, 5.41) is 6.76. The van der Waals surface area contributed by atoms with Crippen LogP contribution in [0, 0.1) is 0 Å². The summed E-state index contributed by atoms with van der Waals surface area (Å²) in [6, 6.07) is 12.2. The van der Waals surface area contributed by atoms with Crippen LogP contribution in [-0.2, 0) is 12.0 Å². The lowest BCUT2D eigenvalue weighted by molar-refractivity contribution is 0.174. The summed E-state index contributed by atoms with van der Waals surface area (Å²) >= 11 is 0. The Kier molecular flexibility index (Phi) is 4.17. The van der Waals surface area contributed by atoms with E-state index in [9.17, 15) is 0 Å². The molecule has 1 saturated carbocycles. The maximum Gasteiger partial charge on any atom is 0.231 e. The van der Waals surface area contributed by atoms with E-state index in [1.807, 2.05) is 24.3 Å². The van der Waals surface area contributed by atoms with E-state index in [1.54, 1.807) is 13.2 Å². The van der Waals surface area contributed by atoms with Crippen molar-refractivity contribution >= 4 is 5.96 Å². The fraction of sp³-hybridized carbons (Fsp3) is 0.368. The van der Waals surface area contributed by atoms with Gasteiger partial charge in [-0.25, -0.2) is 0 Å². The highest BCUT2D eigenvalue weighted by Gasteiger charge is 2.44. The maximum absolute atomic E-state index is 5.51. The summed E-state index contributed by atoms with van der Waals surface area (Å²) in [6.45, 7) is 1.81. The molecule has 0 radical (unpaired) electrons. The van der Waals surface area contributed by atoms with Gasteiger partial charge in [-0.3, -0.25) is 9.98 Å². The number of benzene rings is 1. The quantitative estimate of drug-likeness (QED) is 0.646. The van der Waals surface area contributed by atoms with Gasteiger partial charge in [0.1, 0.15) is 0 Å². The van der Waals surface area contributed by atoms with Gasteiger partial charge in [0.05, 0.1) is 12.2 Å². The van der Waals surface area contributed by atoms with Gasteiger partial charge in [-0.2, -0.15) is 0 Å². The van der Waals surface area contributed by atoms with Crippen LogP contribution < -0.4 is 20.1 Å². The van der Waals surface area contributed by atoms with Crippen molar-refractivity contribution in [3.63, 3.8) is 0 Å². The molecule has 0 amide bonds. The van der Waals surface area contributed by atoms with Crippen LogP contribution in [0.2, 0.25) is 0 Å². The molecule has 6 nitrogen and oxygen atoms in total. The van der Waals surface area contributed by atoms with Gasteiger partial charge >= 0.3 is 0 Å². The van der Waals surface area contributed by atoms with Gasteiger partial charge in [0.25, 0.3) is 0 Å². The fourth-order valence-electron chi connectivity index (χ4n) is 3.10. The van der Waals surface area contributed by atoms with Crippen LogP contribution in [0.3, 0.4) is 0 Å². The molecule has 1 fully saturated rings. The highest BCUT2D eigenvalue weighted by atomic mass is 16.7. The predicted octanol–water partition coefficient (Wildman–Crippen LogP) is 2.21. The van der Waals surface area contributed by atoms with Gasteiger partial charge in [-0.05, 0) is 42.7 Å². The van der Waals surface area contributed by atoms with E-state index in [1.165, 1.54) is 5.56 Å². The molecular weight excluding hydrogens is 316 g/mol. The number of ether oxygens (including phenoxy) is 2. The molecule has 4 rings (SSSR count). The van der Waals surface area contributed by atoms with Crippen molar-refractivity contribution in [2.75, 3.05) is 20.4 Å². The second-order valence-electron chi connectivity index (χ2n) is 6.45. The Morgan fingerprint density at radius 3 is 2.80 bits per heavy atom. The smallest absolute Gasteiger partial charge is 0.231 e. The number of nitrogens with zero attached hydrogens (tertiary/aromatic N) is 2. The summed E-state index contributed by atoms with van der Waals surface area (Å²) in [7, 11) is 1.79. The average molecular weight is 338 g/mol. The first-order valence-electron chi connectivity index (χ1n) is 8.54. The number of aromatic nitrogens is 1. The minimum Gasteiger partial charge on any atom is -0.454 e. The third-order valence-corrected chi connectivity index (χ3v) is 4.82. The Morgan fingerprint density at radius 1 is 1.16 bits per heavy atom. The van der Waals surface area contributed by atoms with Crippen molar-refractivity contribution in [3.05, 3.63) is 53.9 Å². The topological polar surface area (TPSA) is 67.8 Å². The van der Waals surface area contributed by atoms with E-state index in [0.29, 0.717) is 13.3 Å². The summed E-state index contributed by atoms with van der Waals surface area (Å²) in [5.74, 6) is 2.47. The fourth-order valence-corrected chi connectivity index (χ4v) is 3.10. The Balaban J connectivity index is 1.36. The third kappa shape index (κ3) is 3.38. The zero-order chi connectivity index (χ0) is 17.1. The Hall–Kier alpha value is -2.76. The number of hydrogen-bond acceptors (Lipinski definition) is 4. The van der Waals surface area contributed by atoms with Gasteiger partial charge in [-0.1, -0.05) is 12.1 Å². The van der Waals surface area contributed by atoms with E-state index in [-0.39, 0.29) is 5.41 Å². The number of aliphatic imine (C=N–C) groups is 1. The standard InChI is InChI=1S/C19H22N4O2/c1-20-18(22-11-15-4-2-3-9-21-15)23-12-19(7-8-19)14-5-6-16-17(10-14)25-13-24-16/h2-6,9-10H,7-8,11-13H2,1H3,(H2,20,22,23). The molecule has 6 heteroatoms. The first kappa shape index (κ1) is 15.7. The molecular formula is C19H22N4O2. The zero-order valence-corrected chi connectivity index (χ0v) is 14.3. The molecule has 0 saturated heterocycles. The van der Waals surface area contributed by atoms with Gasteiger partial charge < -0.3 is 20.1 Å². The van der Waals surface area contributed by atoms with Crippen LogP contribution in [0.4, 0.5) is 0 Å².